The van der Waals surface area contributed by atoms with Crippen LogP contribution in [0, 0.1) is 5.82 Å². The van der Waals surface area contributed by atoms with Crippen molar-refractivity contribution in [1.82, 2.24) is 5.32 Å². The Bertz CT molecular complexity index is 681. The highest BCUT2D eigenvalue weighted by atomic mass is 35.5. The zero-order valence-corrected chi connectivity index (χ0v) is 17.8. The maximum atomic E-state index is 13.7. The van der Waals surface area contributed by atoms with Crippen molar-refractivity contribution in [2.45, 2.75) is 58.6 Å². The molecule has 0 fully saturated rings. The van der Waals surface area contributed by atoms with Gasteiger partial charge in [-0.25, -0.2) is 4.39 Å². The van der Waals surface area contributed by atoms with E-state index in [4.69, 9.17) is 9.47 Å². The zero-order valence-electron chi connectivity index (χ0n) is 17.0. The van der Waals surface area contributed by atoms with Gasteiger partial charge in [0.05, 0.1) is 7.11 Å². The lowest BCUT2D eigenvalue weighted by atomic mass is 10.1. The molecule has 2 rings (SSSR count). The lowest BCUT2D eigenvalue weighted by molar-refractivity contribution is 0.279. The van der Waals surface area contributed by atoms with Gasteiger partial charge >= 0.3 is 0 Å². The molecular weight excluding hydrogens is 377 g/mol. The molecule has 0 amide bonds. The van der Waals surface area contributed by atoms with E-state index in [0.717, 1.165) is 18.7 Å². The molecule has 0 aliphatic rings. The van der Waals surface area contributed by atoms with Gasteiger partial charge < -0.3 is 14.8 Å². The molecule has 0 saturated heterocycles. The van der Waals surface area contributed by atoms with Gasteiger partial charge in [-0.2, -0.15) is 0 Å². The SMILES string of the molecule is CCCCCCCCNCc1ccc(OCc2ccccc2F)c(OC)c1.Cl. The van der Waals surface area contributed by atoms with Crippen LogP contribution in [0.2, 0.25) is 0 Å². The fourth-order valence-electron chi connectivity index (χ4n) is 2.98. The molecule has 28 heavy (non-hydrogen) atoms. The van der Waals surface area contributed by atoms with Crippen LogP contribution < -0.4 is 14.8 Å². The Labute approximate surface area is 175 Å². The average molecular weight is 410 g/mol. The van der Waals surface area contributed by atoms with Gasteiger partial charge in [0.2, 0.25) is 0 Å². The number of hydrogen-bond donors (Lipinski definition) is 1. The van der Waals surface area contributed by atoms with Crippen LogP contribution in [0.1, 0.15) is 56.6 Å². The van der Waals surface area contributed by atoms with Gasteiger partial charge in [0.25, 0.3) is 0 Å². The number of halogens is 2. The smallest absolute Gasteiger partial charge is 0.161 e. The third-order valence-corrected chi connectivity index (χ3v) is 4.61. The zero-order chi connectivity index (χ0) is 19.3. The highest BCUT2D eigenvalue weighted by Crippen LogP contribution is 2.29. The van der Waals surface area contributed by atoms with Gasteiger partial charge in [-0.05, 0) is 36.7 Å². The Hall–Kier alpha value is -1.78. The molecule has 0 aromatic heterocycles. The molecule has 2 aromatic rings. The van der Waals surface area contributed by atoms with Crippen LogP contribution in [0.4, 0.5) is 4.39 Å². The van der Waals surface area contributed by atoms with Gasteiger partial charge in [0, 0.05) is 12.1 Å². The quantitative estimate of drug-likeness (QED) is 0.394. The second-order valence-electron chi connectivity index (χ2n) is 6.81. The van der Waals surface area contributed by atoms with Crippen LogP contribution in [-0.2, 0) is 13.2 Å². The van der Waals surface area contributed by atoms with Crippen LogP contribution in [0.5, 0.6) is 11.5 Å². The van der Waals surface area contributed by atoms with E-state index >= 15 is 0 Å². The van der Waals surface area contributed by atoms with Crippen molar-refractivity contribution in [3.63, 3.8) is 0 Å². The summed E-state index contributed by atoms with van der Waals surface area (Å²) in [7, 11) is 1.62. The van der Waals surface area contributed by atoms with Gasteiger partial charge in [0.1, 0.15) is 12.4 Å². The van der Waals surface area contributed by atoms with E-state index in [2.05, 4.69) is 12.2 Å². The maximum absolute atomic E-state index is 13.7. The number of benzene rings is 2. The molecule has 2 aromatic carbocycles. The molecule has 0 unspecified atom stereocenters. The predicted molar refractivity (Wildman–Crippen MR) is 116 cm³/mol. The molecule has 0 saturated carbocycles. The second kappa shape index (κ2) is 14.3. The number of methoxy groups -OCH3 is 1. The molecule has 156 valence electrons. The molecule has 0 radical (unpaired) electrons. The molecule has 0 bridgehead atoms. The number of nitrogens with one attached hydrogen (secondary N) is 1. The predicted octanol–water partition coefficient (Wildman–Crippen LogP) is 6.29. The lowest BCUT2D eigenvalue weighted by Gasteiger charge is -2.13. The van der Waals surface area contributed by atoms with Crippen LogP contribution in [-0.4, -0.2) is 13.7 Å². The van der Waals surface area contributed by atoms with E-state index in [-0.39, 0.29) is 24.8 Å². The summed E-state index contributed by atoms with van der Waals surface area (Å²) in [6.45, 7) is 4.25. The van der Waals surface area contributed by atoms with E-state index in [1.165, 1.54) is 44.6 Å². The molecule has 0 atom stereocenters. The van der Waals surface area contributed by atoms with E-state index in [1.807, 2.05) is 18.2 Å². The summed E-state index contributed by atoms with van der Waals surface area (Å²) >= 11 is 0. The number of rotatable bonds is 13. The van der Waals surface area contributed by atoms with Crippen molar-refractivity contribution in [3.8, 4) is 11.5 Å². The highest BCUT2D eigenvalue weighted by molar-refractivity contribution is 5.85. The summed E-state index contributed by atoms with van der Waals surface area (Å²) in [5.74, 6) is 1.04. The summed E-state index contributed by atoms with van der Waals surface area (Å²) in [6.07, 6.45) is 7.82. The van der Waals surface area contributed by atoms with Gasteiger partial charge in [-0.15, -0.1) is 12.4 Å². The first-order valence-corrected chi connectivity index (χ1v) is 9.98. The molecule has 3 nitrogen and oxygen atoms in total. The highest BCUT2D eigenvalue weighted by Gasteiger charge is 2.08. The van der Waals surface area contributed by atoms with Crippen molar-refractivity contribution in [2.75, 3.05) is 13.7 Å². The minimum Gasteiger partial charge on any atom is -0.493 e. The molecule has 0 aliphatic heterocycles. The van der Waals surface area contributed by atoms with Crippen molar-refractivity contribution >= 4 is 12.4 Å². The molecule has 0 aliphatic carbocycles. The fraction of sp³-hybridized carbons (Fsp3) is 0.478. The largest absolute Gasteiger partial charge is 0.493 e. The van der Waals surface area contributed by atoms with Gasteiger partial charge in [-0.3, -0.25) is 0 Å². The van der Waals surface area contributed by atoms with Crippen molar-refractivity contribution in [1.29, 1.82) is 0 Å². The fourth-order valence-corrected chi connectivity index (χ4v) is 2.98. The summed E-state index contributed by atoms with van der Waals surface area (Å²) < 4.78 is 24.9. The minimum absolute atomic E-state index is 0. The number of ether oxygens (including phenoxy) is 2. The third-order valence-electron chi connectivity index (χ3n) is 4.61. The van der Waals surface area contributed by atoms with Gasteiger partial charge in [-0.1, -0.05) is 63.3 Å². The first-order valence-electron chi connectivity index (χ1n) is 9.98. The standard InChI is InChI=1S/C23H32FNO2.ClH/c1-3-4-5-6-7-10-15-25-17-19-13-14-22(23(16-19)26-2)27-18-20-11-8-9-12-21(20)24;/h8-9,11-14,16,25H,3-7,10,15,17-18H2,1-2H3;1H. The Morgan fingerprint density at radius 1 is 0.929 bits per heavy atom. The molecular formula is C23H33ClFNO2. The second-order valence-corrected chi connectivity index (χ2v) is 6.81. The Balaban J connectivity index is 0.00000392. The Morgan fingerprint density at radius 3 is 2.43 bits per heavy atom. The first kappa shape index (κ1) is 24.3. The summed E-state index contributed by atoms with van der Waals surface area (Å²) in [4.78, 5) is 0. The van der Waals surface area contributed by atoms with Crippen LogP contribution in [0.25, 0.3) is 0 Å². The van der Waals surface area contributed by atoms with Crippen molar-refractivity contribution in [3.05, 3.63) is 59.4 Å². The summed E-state index contributed by atoms with van der Waals surface area (Å²) in [6, 6.07) is 12.5. The monoisotopic (exact) mass is 409 g/mol. The topological polar surface area (TPSA) is 30.5 Å². The van der Waals surface area contributed by atoms with Crippen LogP contribution in [0.15, 0.2) is 42.5 Å². The minimum atomic E-state index is -0.257. The van der Waals surface area contributed by atoms with E-state index in [0.29, 0.717) is 17.1 Å². The van der Waals surface area contributed by atoms with Crippen molar-refractivity contribution in [2.24, 2.45) is 0 Å². The first-order chi connectivity index (χ1) is 13.2. The molecule has 1 N–H and O–H groups in total. The lowest BCUT2D eigenvalue weighted by Crippen LogP contribution is -2.14. The van der Waals surface area contributed by atoms with Crippen molar-refractivity contribution < 1.29 is 13.9 Å². The number of unbranched alkanes of at least 4 members (excludes halogenated alkanes) is 5. The Morgan fingerprint density at radius 2 is 1.68 bits per heavy atom. The molecule has 0 spiro atoms. The summed E-state index contributed by atoms with van der Waals surface area (Å²) in [5, 5.41) is 3.48. The molecule has 0 heterocycles. The van der Waals surface area contributed by atoms with Gasteiger partial charge in [0.15, 0.2) is 11.5 Å². The average Bonchev–Trinajstić information content (AvgIpc) is 2.69. The van der Waals surface area contributed by atoms with E-state index in [9.17, 15) is 4.39 Å². The summed E-state index contributed by atoms with van der Waals surface area (Å²) in [5.41, 5.74) is 1.68. The Kier molecular flexibility index (Phi) is 12.3. The molecule has 5 heteroatoms. The van der Waals surface area contributed by atoms with E-state index in [1.54, 1.807) is 25.3 Å². The van der Waals surface area contributed by atoms with E-state index < -0.39 is 0 Å². The third kappa shape index (κ3) is 8.49. The van der Waals surface area contributed by atoms with Crippen LogP contribution >= 0.6 is 12.4 Å². The normalized spacial score (nSPS) is 10.4. The maximum Gasteiger partial charge on any atom is 0.161 e. The number of hydrogen-bond acceptors (Lipinski definition) is 3. The van der Waals surface area contributed by atoms with Crippen LogP contribution in [0.3, 0.4) is 0 Å².